The van der Waals surface area contributed by atoms with E-state index in [0.29, 0.717) is 36.9 Å². The van der Waals surface area contributed by atoms with Gasteiger partial charge in [-0.3, -0.25) is 20.4 Å². The fraction of sp³-hybridized carbons (Fsp3) is 0.452. The third-order valence-corrected chi connectivity index (χ3v) is 8.16. The smallest absolute Gasteiger partial charge is 0.413 e. The number of nitrogens with one attached hydrogen (secondary N) is 2. The molecule has 1 saturated carbocycles. The van der Waals surface area contributed by atoms with Crippen LogP contribution in [0.25, 0.3) is 21.9 Å². The van der Waals surface area contributed by atoms with Gasteiger partial charge in [-0.05, 0) is 50.8 Å². The normalized spacial score (nSPS) is 19.7. The summed E-state index contributed by atoms with van der Waals surface area (Å²) >= 11 is 0. The Labute approximate surface area is 262 Å². The third kappa shape index (κ3) is 6.18. The molecule has 13 nitrogen and oxygen atoms in total. The SMILES string of the molecule is Cc1c(-c2cc3cc(NC(=O)O[C@H]4C[C@@H](N5CC(F)C5)C4)ncc3c(NC(=O)OC(C)(C)C)c2F)cnc2c1N(C(=O)O)CCO2. The lowest BCUT2D eigenvalue weighted by Gasteiger charge is -2.47. The summed E-state index contributed by atoms with van der Waals surface area (Å²) < 4.78 is 46.0. The molecule has 0 unspecified atom stereocenters. The number of carbonyl (C=O) groups is 3. The quantitative estimate of drug-likeness (QED) is 0.316. The Bertz CT molecular complexity index is 1720. The molecule has 3 aliphatic rings. The first-order chi connectivity index (χ1) is 21.8. The number of hydrogen-bond acceptors (Lipinski definition) is 9. The van der Waals surface area contributed by atoms with Gasteiger partial charge in [-0.25, -0.2) is 33.1 Å². The van der Waals surface area contributed by atoms with Crippen LogP contribution < -0.4 is 20.3 Å². The highest BCUT2D eigenvalue weighted by Gasteiger charge is 2.41. The summed E-state index contributed by atoms with van der Waals surface area (Å²) in [7, 11) is 0. The van der Waals surface area contributed by atoms with E-state index in [-0.39, 0.29) is 64.9 Å². The molecule has 2 aliphatic heterocycles. The van der Waals surface area contributed by atoms with Crippen molar-refractivity contribution in [1.29, 1.82) is 0 Å². The van der Waals surface area contributed by atoms with Gasteiger partial charge in [-0.2, -0.15) is 0 Å². The highest BCUT2D eigenvalue weighted by Crippen LogP contribution is 2.42. The Balaban J connectivity index is 1.32. The Kier molecular flexibility index (Phi) is 8.04. The van der Waals surface area contributed by atoms with Crippen LogP contribution in [0.3, 0.4) is 0 Å². The van der Waals surface area contributed by atoms with Gasteiger partial charge in [0, 0.05) is 60.9 Å². The minimum atomic E-state index is -1.21. The molecule has 3 aromatic rings. The number of rotatable bonds is 5. The van der Waals surface area contributed by atoms with E-state index in [1.165, 1.54) is 24.5 Å². The predicted octanol–water partition coefficient (Wildman–Crippen LogP) is 5.70. The summed E-state index contributed by atoms with van der Waals surface area (Å²) in [5, 5.41) is 15.5. The third-order valence-electron chi connectivity index (χ3n) is 8.16. The number of hydrogen-bond donors (Lipinski definition) is 3. The van der Waals surface area contributed by atoms with Crippen molar-refractivity contribution >= 4 is 46.2 Å². The topological polar surface area (TPSA) is 155 Å². The molecule has 15 heteroatoms. The van der Waals surface area contributed by atoms with Crippen molar-refractivity contribution in [3.05, 3.63) is 35.9 Å². The van der Waals surface area contributed by atoms with Gasteiger partial charge in [0.2, 0.25) is 5.88 Å². The number of fused-ring (bicyclic) bond motifs is 2. The van der Waals surface area contributed by atoms with Crippen molar-refractivity contribution in [2.75, 3.05) is 41.8 Å². The van der Waals surface area contributed by atoms with Gasteiger partial charge >= 0.3 is 18.3 Å². The minimum absolute atomic E-state index is 0.00372. The second-order valence-corrected chi connectivity index (χ2v) is 12.6. The number of pyridine rings is 2. The Hall–Kier alpha value is -4.79. The van der Waals surface area contributed by atoms with Crippen LogP contribution in [0.4, 0.5) is 40.4 Å². The molecule has 0 radical (unpaired) electrons. The second kappa shape index (κ2) is 11.9. The number of alkyl halides is 1. The average Bonchev–Trinajstić information content (AvgIpc) is 2.94. The fourth-order valence-corrected chi connectivity index (χ4v) is 5.84. The van der Waals surface area contributed by atoms with Gasteiger partial charge in [0.15, 0.2) is 5.82 Å². The van der Waals surface area contributed by atoms with Gasteiger partial charge in [-0.15, -0.1) is 0 Å². The van der Waals surface area contributed by atoms with Crippen LogP contribution in [0.15, 0.2) is 24.5 Å². The lowest BCUT2D eigenvalue weighted by Crippen LogP contribution is -2.59. The number of halogens is 2. The molecule has 46 heavy (non-hydrogen) atoms. The maximum absolute atomic E-state index is 16.4. The monoisotopic (exact) mass is 640 g/mol. The van der Waals surface area contributed by atoms with Crippen LogP contribution in [0.2, 0.25) is 0 Å². The first-order valence-electron chi connectivity index (χ1n) is 14.9. The molecule has 0 bridgehead atoms. The molecule has 2 fully saturated rings. The molecule has 1 aromatic carbocycles. The summed E-state index contributed by atoms with van der Waals surface area (Å²) in [5.74, 6) is -0.612. The van der Waals surface area contributed by atoms with Crippen molar-refractivity contribution in [3.8, 4) is 17.0 Å². The maximum Gasteiger partial charge on any atom is 0.413 e. The zero-order valence-corrected chi connectivity index (χ0v) is 25.7. The molecule has 3 N–H and O–H groups in total. The van der Waals surface area contributed by atoms with Gasteiger partial charge in [0.05, 0.1) is 12.2 Å². The molecular weight excluding hydrogens is 606 g/mol. The highest BCUT2D eigenvalue weighted by molar-refractivity contribution is 6.04. The number of carboxylic acid groups (broad SMARTS) is 1. The maximum atomic E-state index is 16.4. The van der Waals surface area contributed by atoms with Gasteiger partial charge in [0.1, 0.15) is 36.0 Å². The van der Waals surface area contributed by atoms with Crippen LogP contribution >= 0.6 is 0 Å². The Morgan fingerprint density at radius 2 is 1.80 bits per heavy atom. The van der Waals surface area contributed by atoms with E-state index >= 15 is 4.39 Å². The number of aromatic nitrogens is 2. The zero-order chi connectivity index (χ0) is 32.9. The number of amides is 3. The highest BCUT2D eigenvalue weighted by atomic mass is 19.1. The molecular formula is C31H34F2N6O7. The van der Waals surface area contributed by atoms with Crippen LogP contribution in [0.5, 0.6) is 5.88 Å². The first kappa shape index (κ1) is 31.2. The van der Waals surface area contributed by atoms with E-state index in [1.54, 1.807) is 27.7 Å². The number of anilines is 3. The minimum Gasteiger partial charge on any atom is -0.474 e. The van der Waals surface area contributed by atoms with Crippen LogP contribution in [-0.2, 0) is 9.47 Å². The predicted molar refractivity (Wildman–Crippen MR) is 164 cm³/mol. The molecule has 2 aromatic heterocycles. The second-order valence-electron chi connectivity index (χ2n) is 12.6. The number of carbonyl (C=O) groups excluding carboxylic acids is 2. The lowest BCUT2D eigenvalue weighted by molar-refractivity contribution is -0.0575. The number of benzene rings is 1. The molecule has 4 heterocycles. The molecule has 0 atom stereocenters. The molecule has 1 aliphatic carbocycles. The lowest BCUT2D eigenvalue weighted by atomic mass is 9.86. The van der Waals surface area contributed by atoms with Crippen LogP contribution in [0, 0.1) is 12.7 Å². The van der Waals surface area contributed by atoms with Crippen molar-refractivity contribution in [3.63, 3.8) is 0 Å². The van der Waals surface area contributed by atoms with Gasteiger partial charge < -0.3 is 19.3 Å². The average molecular weight is 641 g/mol. The molecule has 0 spiro atoms. The number of likely N-dealkylation sites (tertiary alicyclic amines) is 1. The standard InChI is InChI=1S/C31H34F2N6O7/c1-15-21(11-35-27-26(15)39(30(42)43)5-6-44-27)20-7-16-8-23(36-28(40)45-19-9-18(10-19)38-13-17(32)14-38)34-12-22(16)25(24(20)33)37-29(41)46-31(2,3)4/h7-8,11-12,17-19H,5-6,9-10,13-14H2,1-4H3,(H,37,41)(H,42,43)(H,34,36,40)/t18-,19+. The molecule has 6 rings (SSSR count). The number of ether oxygens (including phenoxy) is 3. The first-order valence-corrected chi connectivity index (χ1v) is 14.9. The van der Waals surface area contributed by atoms with Crippen molar-refractivity contribution in [2.45, 2.75) is 64.5 Å². The summed E-state index contributed by atoms with van der Waals surface area (Å²) in [6, 6.07) is 3.19. The van der Waals surface area contributed by atoms with E-state index in [9.17, 15) is 23.9 Å². The largest absolute Gasteiger partial charge is 0.474 e. The zero-order valence-electron chi connectivity index (χ0n) is 25.7. The van der Waals surface area contributed by atoms with E-state index in [1.807, 2.05) is 4.90 Å². The summed E-state index contributed by atoms with van der Waals surface area (Å²) in [6.45, 7) is 7.63. The van der Waals surface area contributed by atoms with Crippen LogP contribution in [0.1, 0.15) is 39.2 Å². The van der Waals surface area contributed by atoms with Crippen molar-refractivity contribution in [2.24, 2.45) is 0 Å². The van der Waals surface area contributed by atoms with E-state index < -0.39 is 35.9 Å². The molecule has 1 saturated heterocycles. The van der Waals surface area contributed by atoms with Crippen molar-refractivity contribution < 1.29 is 42.5 Å². The fourth-order valence-electron chi connectivity index (χ4n) is 5.84. The molecule has 3 amide bonds. The van der Waals surface area contributed by atoms with Crippen LogP contribution in [-0.4, -0.2) is 88.4 Å². The molecule has 244 valence electrons. The van der Waals surface area contributed by atoms with E-state index in [4.69, 9.17) is 14.2 Å². The van der Waals surface area contributed by atoms with Gasteiger partial charge in [0.25, 0.3) is 0 Å². The summed E-state index contributed by atoms with van der Waals surface area (Å²) in [5.41, 5.74) is -0.252. The summed E-state index contributed by atoms with van der Waals surface area (Å²) in [4.78, 5) is 49.0. The Morgan fingerprint density at radius 1 is 1.07 bits per heavy atom. The van der Waals surface area contributed by atoms with Gasteiger partial charge in [-0.1, -0.05) is 0 Å². The van der Waals surface area contributed by atoms with E-state index in [2.05, 4.69) is 20.6 Å². The summed E-state index contributed by atoms with van der Waals surface area (Å²) in [6.07, 6.45) is -0.0191. The number of nitrogens with zero attached hydrogens (tertiary/aromatic N) is 4. The Morgan fingerprint density at radius 3 is 2.48 bits per heavy atom. The van der Waals surface area contributed by atoms with E-state index in [0.717, 1.165) is 4.90 Å². The van der Waals surface area contributed by atoms with Crippen molar-refractivity contribution in [1.82, 2.24) is 14.9 Å².